The summed E-state index contributed by atoms with van der Waals surface area (Å²) in [5.74, 6) is 0.465. The average Bonchev–Trinajstić information content (AvgIpc) is 3.10. The molecule has 3 heterocycles. The first-order chi connectivity index (χ1) is 13.5. The third-order valence-corrected chi connectivity index (χ3v) is 4.65. The standard InChI is InChI=1S/C20H21FN6O/c1-13-20-17(26(2)12-19(28)25-20)7-18(24-13)22-8-15-9-23-27(11-15)10-14-3-5-16(21)6-4-14/h3-7,9,11H,8,10,12H2,1-2H3,(H,22,24)(H,25,28). The van der Waals surface area contributed by atoms with Gasteiger partial charge >= 0.3 is 0 Å². The third-order valence-electron chi connectivity index (χ3n) is 4.65. The van der Waals surface area contributed by atoms with Crippen molar-refractivity contribution in [2.24, 2.45) is 0 Å². The number of carbonyl (C=O) groups excluding carboxylic acids is 1. The Morgan fingerprint density at radius 2 is 2.04 bits per heavy atom. The lowest BCUT2D eigenvalue weighted by Crippen LogP contribution is -2.36. The minimum Gasteiger partial charge on any atom is -0.366 e. The minimum atomic E-state index is -0.243. The fourth-order valence-corrected chi connectivity index (χ4v) is 3.24. The Kier molecular flexibility index (Phi) is 4.68. The van der Waals surface area contributed by atoms with Gasteiger partial charge in [0, 0.05) is 31.4 Å². The number of halogens is 1. The zero-order valence-electron chi connectivity index (χ0n) is 15.7. The maximum absolute atomic E-state index is 13.0. The average molecular weight is 380 g/mol. The van der Waals surface area contributed by atoms with E-state index in [1.54, 1.807) is 18.3 Å². The van der Waals surface area contributed by atoms with E-state index in [4.69, 9.17) is 0 Å². The lowest BCUT2D eigenvalue weighted by Gasteiger charge is -2.28. The molecule has 2 aromatic heterocycles. The number of aromatic nitrogens is 3. The number of benzene rings is 1. The number of nitrogens with one attached hydrogen (secondary N) is 2. The van der Waals surface area contributed by atoms with Gasteiger partial charge in [0.25, 0.3) is 0 Å². The molecule has 28 heavy (non-hydrogen) atoms. The molecule has 0 saturated heterocycles. The lowest BCUT2D eigenvalue weighted by atomic mass is 10.2. The van der Waals surface area contributed by atoms with Crippen LogP contribution in [-0.4, -0.2) is 34.3 Å². The van der Waals surface area contributed by atoms with Crippen LogP contribution in [0.5, 0.6) is 0 Å². The van der Waals surface area contributed by atoms with Gasteiger partial charge in [-0.3, -0.25) is 9.48 Å². The molecule has 1 aliphatic rings. The molecule has 7 nitrogen and oxygen atoms in total. The van der Waals surface area contributed by atoms with E-state index in [0.717, 1.165) is 34.0 Å². The highest BCUT2D eigenvalue weighted by Crippen LogP contribution is 2.32. The van der Waals surface area contributed by atoms with Crippen LogP contribution in [0.25, 0.3) is 0 Å². The molecule has 0 spiro atoms. The first kappa shape index (κ1) is 18.0. The van der Waals surface area contributed by atoms with Crippen molar-refractivity contribution in [1.82, 2.24) is 14.8 Å². The highest BCUT2D eigenvalue weighted by Gasteiger charge is 2.22. The molecule has 0 radical (unpaired) electrons. The largest absolute Gasteiger partial charge is 0.366 e. The van der Waals surface area contributed by atoms with Crippen LogP contribution in [0.1, 0.15) is 16.8 Å². The van der Waals surface area contributed by atoms with Crippen LogP contribution in [0.4, 0.5) is 21.6 Å². The van der Waals surface area contributed by atoms with Crippen molar-refractivity contribution in [3.8, 4) is 0 Å². The quantitative estimate of drug-likeness (QED) is 0.712. The predicted molar refractivity (Wildman–Crippen MR) is 106 cm³/mol. The van der Waals surface area contributed by atoms with E-state index in [2.05, 4.69) is 20.7 Å². The molecule has 8 heteroatoms. The van der Waals surface area contributed by atoms with Crippen LogP contribution in [0.15, 0.2) is 42.7 Å². The molecule has 0 saturated carbocycles. The maximum atomic E-state index is 13.0. The summed E-state index contributed by atoms with van der Waals surface area (Å²) in [6.07, 6.45) is 3.75. The number of pyridine rings is 1. The van der Waals surface area contributed by atoms with E-state index in [1.807, 2.05) is 35.8 Å². The summed E-state index contributed by atoms with van der Waals surface area (Å²) in [7, 11) is 1.89. The second-order valence-electron chi connectivity index (χ2n) is 6.92. The fourth-order valence-electron chi connectivity index (χ4n) is 3.24. The SMILES string of the molecule is Cc1nc(NCc2cnn(Cc3ccc(F)cc3)c2)cc2c1NC(=O)CN2C. The van der Waals surface area contributed by atoms with Gasteiger partial charge in [0.2, 0.25) is 5.91 Å². The molecule has 0 fully saturated rings. The van der Waals surface area contributed by atoms with Crippen molar-refractivity contribution in [2.45, 2.75) is 20.0 Å². The number of hydrogen-bond donors (Lipinski definition) is 2. The number of rotatable bonds is 5. The molecular weight excluding hydrogens is 359 g/mol. The Bertz CT molecular complexity index is 1010. The molecule has 1 aromatic carbocycles. The zero-order valence-corrected chi connectivity index (χ0v) is 15.7. The van der Waals surface area contributed by atoms with Gasteiger partial charge in [-0.15, -0.1) is 0 Å². The monoisotopic (exact) mass is 380 g/mol. The summed E-state index contributed by atoms with van der Waals surface area (Å²) in [6, 6.07) is 8.34. The van der Waals surface area contributed by atoms with Crippen LogP contribution >= 0.6 is 0 Å². The van der Waals surface area contributed by atoms with Crippen molar-refractivity contribution < 1.29 is 9.18 Å². The topological polar surface area (TPSA) is 75.1 Å². The molecule has 0 atom stereocenters. The number of nitrogens with zero attached hydrogens (tertiary/aromatic N) is 4. The maximum Gasteiger partial charge on any atom is 0.243 e. The summed E-state index contributed by atoms with van der Waals surface area (Å²) in [4.78, 5) is 18.2. The smallest absolute Gasteiger partial charge is 0.243 e. The van der Waals surface area contributed by atoms with E-state index in [1.165, 1.54) is 12.1 Å². The molecule has 0 unspecified atom stereocenters. The van der Waals surface area contributed by atoms with Crippen LogP contribution in [-0.2, 0) is 17.9 Å². The van der Waals surface area contributed by atoms with E-state index in [-0.39, 0.29) is 11.7 Å². The summed E-state index contributed by atoms with van der Waals surface area (Å²) >= 11 is 0. The molecule has 4 rings (SSSR count). The van der Waals surface area contributed by atoms with Gasteiger partial charge in [0.1, 0.15) is 11.6 Å². The second kappa shape index (κ2) is 7.30. The van der Waals surface area contributed by atoms with Crippen LogP contribution in [0.2, 0.25) is 0 Å². The van der Waals surface area contributed by atoms with Crippen molar-refractivity contribution in [1.29, 1.82) is 0 Å². The van der Waals surface area contributed by atoms with Gasteiger partial charge < -0.3 is 15.5 Å². The Balaban J connectivity index is 1.43. The van der Waals surface area contributed by atoms with Gasteiger partial charge in [0.05, 0.1) is 36.4 Å². The molecule has 2 N–H and O–H groups in total. The number of aryl methyl sites for hydroxylation is 1. The predicted octanol–water partition coefficient (Wildman–Crippen LogP) is 2.77. The molecule has 3 aromatic rings. The first-order valence-electron chi connectivity index (χ1n) is 9.00. The van der Waals surface area contributed by atoms with Crippen molar-refractivity contribution in [3.63, 3.8) is 0 Å². The summed E-state index contributed by atoms with van der Waals surface area (Å²) in [6.45, 7) is 3.36. The number of likely N-dealkylation sites (N-methyl/N-ethyl adjacent to an activating group) is 1. The highest BCUT2D eigenvalue weighted by atomic mass is 19.1. The zero-order chi connectivity index (χ0) is 19.7. The van der Waals surface area contributed by atoms with Crippen LogP contribution in [0.3, 0.4) is 0 Å². The number of fused-ring (bicyclic) bond motifs is 1. The summed E-state index contributed by atoms with van der Waals surface area (Å²) in [5.41, 5.74) is 4.48. The van der Waals surface area contributed by atoms with Crippen LogP contribution < -0.4 is 15.5 Å². The second-order valence-corrected chi connectivity index (χ2v) is 6.92. The molecular formula is C20H21FN6O. The fraction of sp³-hybridized carbons (Fsp3) is 0.250. The van der Waals surface area contributed by atoms with Crippen molar-refractivity contribution in [3.05, 3.63) is 65.4 Å². The normalized spacial score (nSPS) is 13.2. The van der Waals surface area contributed by atoms with Gasteiger partial charge in [-0.05, 0) is 24.6 Å². The number of anilines is 3. The van der Waals surface area contributed by atoms with Gasteiger partial charge in [-0.2, -0.15) is 5.10 Å². The van der Waals surface area contributed by atoms with E-state index in [9.17, 15) is 9.18 Å². The summed E-state index contributed by atoms with van der Waals surface area (Å²) in [5, 5.41) is 10.6. The van der Waals surface area contributed by atoms with Gasteiger partial charge in [-0.25, -0.2) is 9.37 Å². The Morgan fingerprint density at radius 3 is 2.82 bits per heavy atom. The Hall–Kier alpha value is -3.42. The molecule has 0 bridgehead atoms. The Morgan fingerprint density at radius 1 is 1.25 bits per heavy atom. The summed E-state index contributed by atoms with van der Waals surface area (Å²) < 4.78 is 14.8. The van der Waals surface area contributed by atoms with Crippen molar-refractivity contribution in [2.75, 3.05) is 29.1 Å². The molecule has 1 amide bonds. The van der Waals surface area contributed by atoms with E-state index >= 15 is 0 Å². The number of hydrogen-bond acceptors (Lipinski definition) is 5. The van der Waals surface area contributed by atoms with Crippen LogP contribution in [0, 0.1) is 12.7 Å². The molecule has 144 valence electrons. The minimum absolute atomic E-state index is 0.0332. The van der Waals surface area contributed by atoms with Gasteiger partial charge in [0.15, 0.2) is 0 Å². The highest BCUT2D eigenvalue weighted by molar-refractivity contribution is 6.02. The number of amides is 1. The van der Waals surface area contributed by atoms with Crippen molar-refractivity contribution >= 4 is 23.1 Å². The molecule has 1 aliphatic heterocycles. The molecule has 0 aliphatic carbocycles. The lowest BCUT2D eigenvalue weighted by molar-refractivity contribution is -0.115. The third kappa shape index (κ3) is 3.80. The first-order valence-corrected chi connectivity index (χ1v) is 9.00. The van der Waals surface area contributed by atoms with E-state index < -0.39 is 0 Å². The number of carbonyl (C=O) groups is 1. The van der Waals surface area contributed by atoms with Gasteiger partial charge in [-0.1, -0.05) is 12.1 Å². The van der Waals surface area contributed by atoms with E-state index in [0.29, 0.717) is 19.6 Å². The Labute approximate surface area is 162 Å².